The molecule has 7 heteroatoms. The molecule has 0 aliphatic carbocycles. The molecule has 136 valence electrons. The smallest absolute Gasteiger partial charge is 0.194 e. The number of benzene rings is 1. The zero-order chi connectivity index (χ0) is 16.7. The number of ether oxygens (including phenoxy) is 1. The third kappa shape index (κ3) is 6.43. The van der Waals surface area contributed by atoms with Crippen LogP contribution in [0.25, 0.3) is 0 Å². The zero-order valence-corrected chi connectivity index (χ0v) is 16.6. The number of hydrogen-bond donors (Lipinski definition) is 2. The highest BCUT2D eigenvalue weighted by Gasteiger charge is 2.19. The van der Waals surface area contributed by atoms with Crippen LogP contribution in [0, 0.1) is 5.82 Å². The number of guanidine groups is 1. The molecule has 1 atom stereocenters. The maximum absolute atomic E-state index is 13.6. The van der Waals surface area contributed by atoms with E-state index in [1.807, 2.05) is 13.8 Å². The van der Waals surface area contributed by atoms with Crippen LogP contribution in [0.5, 0.6) is 5.75 Å². The van der Waals surface area contributed by atoms with E-state index in [0.717, 1.165) is 38.4 Å². The maximum atomic E-state index is 13.6. The number of nitrogens with zero attached hydrogens (tertiary/aromatic N) is 2. The lowest BCUT2D eigenvalue weighted by Crippen LogP contribution is -2.47. The average molecular weight is 451 g/mol. The Balaban J connectivity index is 0.00000288. The van der Waals surface area contributed by atoms with Gasteiger partial charge >= 0.3 is 0 Å². The fourth-order valence-electron chi connectivity index (χ4n) is 2.51. The van der Waals surface area contributed by atoms with Gasteiger partial charge in [0.05, 0.1) is 12.6 Å². The fourth-order valence-corrected chi connectivity index (χ4v) is 2.51. The van der Waals surface area contributed by atoms with Gasteiger partial charge in [-0.25, -0.2) is 9.38 Å². The highest BCUT2D eigenvalue weighted by atomic mass is 127. The second kappa shape index (κ2) is 10.7. The van der Waals surface area contributed by atoms with Crippen LogP contribution in [-0.4, -0.2) is 54.4 Å². The third-order valence-corrected chi connectivity index (χ3v) is 3.76. The van der Waals surface area contributed by atoms with Crippen molar-refractivity contribution in [2.45, 2.75) is 38.9 Å². The quantitative estimate of drug-likeness (QED) is 0.411. The minimum atomic E-state index is -0.361. The van der Waals surface area contributed by atoms with Crippen LogP contribution in [0.1, 0.15) is 26.7 Å². The van der Waals surface area contributed by atoms with Gasteiger partial charge in [-0.3, -0.25) is 0 Å². The van der Waals surface area contributed by atoms with Crippen molar-refractivity contribution in [3.63, 3.8) is 0 Å². The molecular weight excluding hydrogens is 424 g/mol. The van der Waals surface area contributed by atoms with Crippen LogP contribution in [-0.2, 0) is 0 Å². The molecule has 2 N–H and O–H groups in total. The zero-order valence-electron chi connectivity index (χ0n) is 14.2. The third-order valence-electron chi connectivity index (χ3n) is 3.76. The summed E-state index contributed by atoms with van der Waals surface area (Å²) in [5.74, 6) is 0.713. The number of piperidine rings is 1. The van der Waals surface area contributed by atoms with Crippen LogP contribution in [0.4, 0.5) is 4.39 Å². The molecule has 0 spiro atoms. The first kappa shape index (κ1) is 21.0. The maximum Gasteiger partial charge on any atom is 0.194 e. The van der Waals surface area contributed by atoms with Gasteiger partial charge in [0.15, 0.2) is 17.5 Å². The van der Waals surface area contributed by atoms with E-state index in [0.29, 0.717) is 6.54 Å². The van der Waals surface area contributed by atoms with Gasteiger partial charge in [-0.05, 0) is 38.8 Å². The average Bonchev–Trinajstić information content (AvgIpc) is 2.54. The number of halogens is 2. The van der Waals surface area contributed by atoms with Crippen molar-refractivity contribution in [1.29, 1.82) is 0 Å². The van der Waals surface area contributed by atoms with Crippen molar-refractivity contribution < 1.29 is 14.2 Å². The van der Waals surface area contributed by atoms with Crippen LogP contribution < -0.4 is 10.1 Å². The fraction of sp³-hybridized carbons (Fsp3) is 0.588. The predicted octanol–water partition coefficient (Wildman–Crippen LogP) is 2.63. The van der Waals surface area contributed by atoms with Gasteiger partial charge in [-0.2, -0.15) is 0 Å². The van der Waals surface area contributed by atoms with Gasteiger partial charge < -0.3 is 20.1 Å². The second-order valence-corrected chi connectivity index (χ2v) is 5.77. The van der Waals surface area contributed by atoms with Crippen molar-refractivity contribution in [2.24, 2.45) is 4.99 Å². The number of aliphatic imine (C=N–C) groups is 1. The molecular formula is C17H27FIN3O2. The lowest BCUT2D eigenvalue weighted by molar-refractivity contribution is 0.107. The van der Waals surface area contributed by atoms with Crippen molar-refractivity contribution in [3.8, 4) is 5.75 Å². The van der Waals surface area contributed by atoms with E-state index in [1.54, 1.807) is 18.2 Å². The molecule has 1 fully saturated rings. The summed E-state index contributed by atoms with van der Waals surface area (Å²) in [5.41, 5.74) is 0. The summed E-state index contributed by atoms with van der Waals surface area (Å²) in [5, 5.41) is 12.9. The normalized spacial score (nSPS) is 17.2. The monoisotopic (exact) mass is 451 g/mol. The molecule has 5 nitrogen and oxygen atoms in total. The SMILES string of the molecule is CCNC(=NCC(C)Oc1ccccc1F)N1CCC(O)CC1.I. The van der Waals surface area contributed by atoms with Crippen LogP contribution in [0.15, 0.2) is 29.3 Å². The number of likely N-dealkylation sites (tertiary alicyclic amines) is 1. The van der Waals surface area contributed by atoms with Crippen molar-refractivity contribution in [1.82, 2.24) is 10.2 Å². The van der Waals surface area contributed by atoms with Gasteiger partial charge in [-0.15, -0.1) is 24.0 Å². The lowest BCUT2D eigenvalue weighted by atomic mass is 10.1. The number of rotatable bonds is 5. The summed E-state index contributed by atoms with van der Waals surface area (Å²) < 4.78 is 19.2. The molecule has 1 aliphatic rings. The van der Waals surface area contributed by atoms with E-state index in [4.69, 9.17) is 4.74 Å². The van der Waals surface area contributed by atoms with Crippen molar-refractivity contribution in [2.75, 3.05) is 26.2 Å². The first-order chi connectivity index (χ1) is 11.1. The Bertz CT molecular complexity index is 522. The highest BCUT2D eigenvalue weighted by Crippen LogP contribution is 2.17. The van der Waals surface area contributed by atoms with Gasteiger partial charge in [0.2, 0.25) is 0 Å². The topological polar surface area (TPSA) is 57.1 Å². The Labute approximate surface area is 160 Å². The van der Waals surface area contributed by atoms with E-state index < -0.39 is 0 Å². The highest BCUT2D eigenvalue weighted by molar-refractivity contribution is 14.0. The van der Waals surface area contributed by atoms with Crippen molar-refractivity contribution in [3.05, 3.63) is 30.1 Å². The Kier molecular flexibility index (Phi) is 9.35. The summed E-state index contributed by atoms with van der Waals surface area (Å²) in [4.78, 5) is 6.74. The molecule has 0 amide bonds. The summed E-state index contributed by atoms with van der Waals surface area (Å²) in [6.07, 6.45) is 1.07. The minimum Gasteiger partial charge on any atom is -0.486 e. The Morgan fingerprint density at radius 1 is 1.42 bits per heavy atom. The number of hydrogen-bond acceptors (Lipinski definition) is 3. The Morgan fingerprint density at radius 2 is 2.08 bits per heavy atom. The Morgan fingerprint density at radius 3 is 2.71 bits per heavy atom. The number of nitrogens with one attached hydrogen (secondary N) is 1. The molecule has 1 heterocycles. The number of aliphatic hydroxyl groups is 1. The second-order valence-electron chi connectivity index (χ2n) is 5.77. The molecule has 1 aromatic carbocycles. The number of aliphatic hydroxyl groups excluding tert-OH is 1. The number of para-hydroxylation sites is 1. The molecule has 1 unspecified atom stereocenters. The molecule has 2 rings (SSSR count). The molecule has 0 aromatic heterocycles. The van der Waals surface area contributed by atoms with E-state index >= 15 is 0 Å². The molecule has 0 radical (unpaired) electrons. The summed E-state index contributed by atoms with van der Waals surface area (Å²) in [7, 11) is 0. The summed E-state index contributed by atoms with van der Waals surface area (Å²) >= 11 is 0. The largest absolute Gasteiger partial charge is 0.486 e. The minimum absolute atomic E-state index is 0. The van der Waals surface area contributed by atoms with E-state index in [1.165, 1.54) is 6.07 Å². The molecule has 0 saturated carbocycles. The lowest BCUT2D eigenvalue weighted by Gasteiger charge is -2.32. The summed E-state index contributed by atoms with van der Waals surface area (Å²) in [6, 6.07) is 6.39. The van der Waals surface area contributed by atoms with Crippen LogP contribution in [0.2, 0.25) is 0 Å². The first-order valence-electron chi connectivity index (χ1n) is 8.22. The molecule has 0 bridgehead atoms. The van der Waals surface area contributed by atoms with E-state index in [9.17, 15) is 9.50 Å². The first-order valence-corrected chi connectivity index (χ1v) is 8.22. The Hall–Kier alpha value is -1.09. The molecule has 24 heavy (non-hydrogen) atoms. The van der Waals surface area contributed by atoms with Crippen molar-refractivity contribution >= 4 is 29.9 Å². The predicted molar refractivity (Wildman–Crippen MR) is 105 cm³/mol. The van der Waals surface area contributed by atoms with Gasteiger partial charge in [0.1, 0.15) is 6.10 Å². The molecule has 1 aromatic rings. The van der Waals surface area contributed by atoms with E-state index in [2.05, 4.69) is 15.2 Å². The van der Waals surface area contributed by atoms with Gasteiger partial charge in [0.25, 0.3) is 0 Å². The van der Waals surface area contributed by atoms with Gasteiger partial charge in [-0.1, -0.05) is 12.1 Å². The van der Waals surface area contributed by atoms with Crippen LogP contribution >= 0.6 is 24.0 Å². The van der Waals surface area contributed by atoms with Gasteiger partial charge in [0, 0.05) is 19.6 Å². The standard InChI is InChI=1S/C17H26FN3O2.HI/c1-3-19-17(21-10-8-14(22)9-11-21)20-12-13(2)23-16-7-5-4-6-15(16)18;/h4-7,13-14,22H,3,8-12H2,1-2H3,(H,19,20);1H. The van der Waals surface area contributed by atoms with Crippen LogP contribution in [0.3, 0.4) is 0 Å². The molecule has 1 aliphatic heterocycles. The molecule has 1 saturated heterocycles. The van der Waals surface area contributed by atoms with E-state index in [-0.39, 0.29) is 47.8 Å². The summed E-state index contributed by atoms with van der Waals surface area (Å²) in [6.45, 7) is 6.69.